The van der Waals surface area contributed by atoms with Gasteiger partial charge < -0.3 is 9.67 Å². The van der Waals surface area contributed by atoms with Crippen molar-refractivity contribution in [3.05, 3.63) is 41.0 Å². The van der Waals surface area contributed by atoms with Gasteiger partial charge in [-0.2, -0.15) is 0 Å². The third-order valence-electron chi connectivity index (χ3n) is 2.45. The van der Waals surface area contributed by atoms with E-state index in [0.29, 0.717) is 0 Å². The first-order chi connectivity index (χ1) is 8.50. The first-order valence-corrected chi connectivity index (χ1v) is 5.35. The summed E-state index contributed by atoms with van der Waals surface area (Å²) < 4.78 is 2.83. The van der Waals surface area contributed by atoms with Gasteiger partial charge in [-0.15, -0.1) is 0 Å². The Bertz CT molecular complexity index is 642. The van der Waals surface area contributed by atoms with Crippen LogP contribution in [0, 0.1) is 0 Å². The first-order valence-electron chi connectivity index (χ1n) is 5.35. The average molecular weight is 248 g/mol. The summed E-state index contributed by atoms with van der Waals surface area (Å²) >= 11 is 0. The maximum Gasteiger partial charge on any atom is 0.356 e. The van der Waals surface area contributed by atoms with Gasteiger partial charge in [0.2, 0.25) is 5.82 Å². The second kappa shape index (κ2) is 4.44. The number of rotatable bonds is 3. The zero-order chi connectivity index (χ0) is 13.3. The molecule has 0 aliphatic rings. The number of carboxylic acid groups (broad SMARTS) is 1. The molecule has 0 saturated heterocycles. The molecule has 2 aromatic heterocycles. The van der Waals surface area contributed by atoms with Crippen LogP contribution in [0.2, 0.25) is 0 Å². The topological polar surface area (TPSA) is 90.0 Å². The molecule has 0 unspecified atom stereocenters. The van der Waals surface area contributed by atoms with Crippen LogP contribution >= 0.6 is 0 Å². The summed E-state index contributed by atoms with van der Waals surface area (Å²) in [5.41, 5.74) is -0.419. The highest BCUT2D eigenvalue weighted by Gasteiger charge is 2.12. The van der Waals surface area contributed by atoms with Crippen LogP contribution in [-0.4, -0.2) is 30.2 Å². The molecular formula is C11H12N4O3. The van der Waals surface area contributed by atoms with Gasteiger partial charge in [-0.05, 0) is 13.8 Å². The molecule has 0 radical (unpaired) electrons. The van der Waals surface area contributed by atoms with Gasteiger partial charge in [0.1, 0.15) is 6.33 Å². The van der Waals surface area contributed by atoms with Gasteiger partial charge in [0.25, 0.3) is 5.56 Å². The molecule has 2 rings (SSSR count). The van der Waals surface area contributed by atoms with Crippen LogP contribution in [0.1, 0.15) is 30.4 Å². The Labute approximate surface area is 102 Å². The molecule has 2 heterocycles. The number of carbonyl (C=O) groups is 1. The number of imidazole rings is 1. The molecule has 0 aliphatic carbocycles. The van der Waals surface area contributed by atoms with Crippen LogP contribution < -0.4 is 5.56 Å². The molecule has 0 spiro atoms. The molecule has 0 aromatic carbocycles. The number of aromatic carboxylic acids is 1. The standard InChI is InChI=1S/C11H12N4O3/c1-7(2)15-4-3-12-9(10(15)16)14-5-8(11(17)18)13-6-14/h3-7H,1-2H3,(H,17,18). The number of hydrogen-bond acceptors (Lipinski definition) is 4. The molecule has 2 aromatic rings. The molecule has 0 saturated carbocycles. The average Bonchev–Trinajstić information content (AvgIpc) is 2.78. The highest BCUT2D eigenvalue weighted by atomic mass is 16.4. The van der Waals surface area contributed by atoms with E-state index in [9.17, 15) is 9.59 Å². The zero-order valence-corrected chi connectivity index (χ0v) is 9.94. The Morgan fingerprint density at radius 1 is 1.39 bits per heavy atom. The van der Waals surface area contributed by atoms with E-state index >= 15 is 0 Å². The van der Waals surface area contributed by atoms with Gasteiger partial charge >= 0.3 is 5.97 Å². The Morgan fingerprint density at radius 2 is 2.11 bits per heavy atom. The summed E-state index contributed by atoms with van der Waals surface area (Å²) in [6.07, 6.45) is 5.61. The minimum atomic E-state index is -1.14. The van der Waals surface area contributed by atoms with Crippen molar-refractivity contribution in [3.8, 4) is 5.82 Å². The van der Waals surface area contributed by atoms with Crippen molar-refractivity contribution in [2.75, 3.05) is 0 Å². The monoisotopic (exact) mass is 248 g/mol. The molecule has 0 amide bonds. The van der Waals surface area contributed by atoms with Gasteiger partial charge in [-0.1, -0.05) is 0 Å². The van der Waals surface area contributed by atoms with Crippen molar-refractivity contribution in [2.24, 2.45) is 0 Å². The van der Waals surface area contributed by atoms with Crippen molar-refractivity contribution in [2.45, 2.75) is 19.9 Å². The molecule has 0 fully saturated rings. The lowest BCUT2D eigenvalue weighted by Gasteiger charge is -2.10. The van der Waals surface area contributed by atoms with Crippen LogP contribution in [0.25, 0.3) is 5.82 Å². The predicted molar refractivity (Wildman–Crippen MR) is 63.0 cm³/mol. The third kappa shape index (κ3) is 2.02. The van der Waals surface area contributed by atoms with Crippen LogP contribution in [0.4, 0.5) is 0 Å². The van der Waals surface area contributed by atoms with E-state index in [4.69, 9.17) is 5.11 Å². The maximum atomic E-state index is 12.1. The van der Waals surface area contributed by atoms with Gasteiger partial charge in [0.15, 0.2) is 5.69 Å². The molecule has 1 N–H and O–H groups in total. The summed E-state index contributed by atoms with van der Waals surface area (Å²) in [5, 5.41) is 8.78. The SMILES string of the molecule is CC(C)n1ccnc(-n2cnc(C(=O)O)c2)c1=O. The van der Waals surface area contributed by atoms with Crippen molar-refractivity contribution < 1.29 is 9.90 Å². The van der Waals surface area contributed by atoms with E-state index in [1.54, 1.807) is 6.20 Å². The molecule has 94 valence electrons. The molecule has 7 nitrogen and oxygen atoms in total. The number of aromatic nitrogens is 4. The Kier molecular flexibility index (Phi) is 2.97. The molecule has 7 heteroatoms. The van der Waals surface area contributed by atoms with E-state index < -0.39 is 5.97 Å². The second-order valence-electron chi connectivity index (χ2n) is 4.03. The largest absolute Gasteiger partial charge is 0.476 e. The predicted octanol–water partition coefficient (Wildman–Crippen LogP) is 0.708. The molecule has 0 bridgehead atoms. The number of carboxylic acids is 1. The lowest BCUT2D eigenvalue weighted by atomic mass is 10.4. The van der Waals surface area contributed by atoms with E-state index in [2.05, 4.69) is 9.97 Å². The molecular weight excluding hydrogens is 236 g/mol. The van der Waals surface area contributed by atoms with Gasteiger partial charge in [0.05, 0.1) is 0 Å². The Morgan fingerprint density at radius 3 is 2.67 bits per heavy atom. The fourth-order valence-electron chi connectivity index (χ4n) is 1.55. The zero-order valence-electron chi connectivity index (χ0n) is 9.94. The summed E-state index contributed by atoms with van der Waals surface area (Å²) in [6.45, 7) is 3.75. The van der Waals surface area contributed by atoms with Crippen molar-refractivity contribution in [1.29, 1.82) is 0 Å². The van der Waals surface area contributed by atoms with Crippen molar-refractivity contribution in [1.82, 2.24) is 19.1 Å². The summed E-state index contributed by atoms with van der Waals surface area (Å²) in [4.78, 5) is 30.5. The van der Waals surface area contributed by atoms with Gasteiger partial charge in [0, 0.05) is 24.6 Å². The second-order valence-corrected chi connectivity index (χ2v) is 4.03. The molecule has 0 atom stereocenters. The number of hydrogen-bond donors (Lipinski definition) is 1. The highest BCUT2D eigenvalue weighted by molar-refractivity contribution is 5.85. The highest BCUT2D eigenvalue weighted by Crippen LogP contribution is 2.04. The Hall–Kier alpha value is -2.44. The number of nitrogens with zero attached hydrogens (tertiary/aromatic N) is 4. The van der Waals surface area contributed by atoms with Gasteiger partial charge in [-0.3, -0.25) is 9.36 Å². The minimum Gasteiger partial charge on any atom is -0.476 e. The smallest absolute Gasteiger partial charge is 0.356 e. The van der Waals surface area contributed by atoms with Crippen molar-refractivity contribution in [3.63, 3.8) is 0 Å². The van der Waals surface area contributed by atoms with Crippen LogP contribution in [-0.2, 0) is 0 Å². The van der Waals surface area contributed by atoms with Crippen molar-refractivity contribution >= 4 is 5.97 Å². The first kappa shape index (κ1) is 12.0. The lowest BCUT2D eigenvalue weighted by Crippen LogP contribution is -2.26. The van der Waals surface area contributed by atoms with E-state index in [-0.39, 0.29) is 23.1 Å². The van der Waals surface area contributed by atoms with E-state index in [1.165, 1.54) is 27.9 Å². The Balaban J connectivity index is 2.54. The van der Waals surface area contributed by atoms with Crippen LogP contribution in [0.3, 0.4) is 0 Å². The maximum absolute atomic E-state index is 12.1. The quantitative estimate of drug-likeness (QED) is 0.863. The summed E-state index contributed by atoms with van der Waals surface area (Å²) in [6, 6.07) is 0.00159. The fourth-order valence-corrected chi connectivity index (χ4v) is 1.55. The summed E-state index contributed by atoms with van der Waals surface area (Å²) in [7, 11) is 0. The normalized spacial score (nSPS) is 10.8. The van der Waals surface area contributed by atoms with Gasteiger partial charge in [-0.25, -0.2) is 14.8 Å². The summed E-state index contributed by atoms with van der Waals surface area (Å²) in [5.74, 6) is -1.01. The molecule has 0 aliphatic heterocycles. The van der Waals surface area contributed by atoms with Crippen LogP contribution in [0.5, 0.6) is 0 Å². The lowest BCUT2D eigenvalue weighted by molar-refractivity contribution is 0.0691. The molecule has 18 heavy (non-hydrogen) atoms. The fraction of sp³-hybridized carbons (Fsp3) is 0.273. The van der Waals surface area contributed by atoms with Crippen LogP contribution in [0.15, 0.2) is 29.7 Å². The minimum absolute atomic E-state index is 0.00159. The van der Waals surface area contributed by atoms with E-state index in [1.807, 2.05) is 13.8 Å². The third-order valence-corrected chi connectivity index (χ3v) is 2.45. The van der Waals surface area contributed by atoms with E-state index in [0.717, 1.165) is 0 Å².